The molecule has 3 aliphatic rings. The summed E-state index contributed by atoms with van der Waals surface area (Å²) in [5.41, 5.74) is 6.96. The van der Waals surface area contributed by atoms with Gasteiger partial charge in [0.05, 0.1) is 7.11 Å². The zero-order chi connectivity index (χ0) is 19.7. The van der Waals surface area contributed by atoms with E-state index in [2.05, 4.69) is 69.3 Å². The lowest BCUT2D eigenvalue weighted by Crippen LogP contribution is -2.13. The van der Waals surface area contributed by atoms with Gasteiger partial charge < -0.3 is 4.74 Å². The molecule has 0 spiro atoms. The molecule has 6 bridgehead atoms. The van der Waals surface area contributed by atoms with E-state index < -0.39 is 0 Å². The first-order valence-electron chi connectivity index (χ1n) is 9.81. The van der Waals surface area contributed by atoms with Crippen molar-refractivity contribution >= 4 is 34.3 Å². The first-order chi connectivity index (χ1) is 13.4. The second-order valence-electron chi connectivity index (χ2n) is 8.58. The molecule has 0 saturated carbocycles. The Morgan fingerprint density at radius 2 is 1.21 bits per heavy atom. The molecule has 6 rings (SSSR count). The van der Waals surface area contributed by atoms with Crippen LogP contribution in [0, 0.1) is 0 Å². The van der Waals surface area contributed by atoms with E-state index in [0.717, 1.165) is 28.8 Å². The van der Waals surface area contributed by atoms with Crippen molar-refractivity contribution in [1.82, 2.24) is 0 Å². The summed E-state index contributed by atoms with van der Waals surface area (Å²) in [6, 6.07) is 18.5. The lowest BCUT2D eigenvalue weighted by Gasteiger charge is -2.23. The topological polar surface area (TPSA) is 9.23 Å². The fraction of sp³-hybridized carbons (Fsp3) is 0.360. The maximum absolute atomic E-state index is 5.90. The van der Waals surface area contributed by atoms with Gasteiger partial charge in [-0.3, -0.25) is 0 Å². The summed E-state index contributed by atoms with van der Waals surface area (Å²) < 4.78 is 5.90. The first kappa shape index (κ1) is 19.7. The summed E-state index contributed by atoms with van der Waals surface area (Å²) in [5, 5.41) is 2.68. The van der Waals surface area contributed by atoms with Crippen LogP contribution in [-0.4, -0.2) is 7.11 Å². The van der Waals surface area contributed by atoms with Crippen LogP contribution in [-0.2, 0) is 28.4 Å². The molecular formula is C25H28OS2. The van der Waals surface area contributed by atoms with Gasteiger partial charge in [0.15, 0.2) is 0 Å². The summed E-state index contributed by atoms with van der Waals surface area (Å²) in [4.78, 5) is 0. The van der Waals surface area contributed by atoms with Gasteiger partial charge in [-0.15, -0.1) is 0 Å². The number of thioether (sulfide) groups is 2. The van der Waals surface area contributed by atoms with Crippen molar-refractivity contribution in [2.24, 2.45) is 0 Å². The van der Waals surface area contributed by atoms with Crippen LogP contribution in [0.3, 0.4) is 0 Å². The molecular weight excluding hydrogens is 380 g/mol. The second kappa shape index (κ2) is 8.04. The van der Waals surface area contributed by atoms with Gasteiger partial charge >= 0.3 is 0 Å². The number of methoxy groups -OCH3 is 1. The van der Waals surface area contributed by atoms with E-state index in [-0.39, 0.29) is 5.41 Å². The molecule has 3 heteroatoms. The highest BCUT2D eigenvalue weighted by Gasteiger charge is 2.20. The second-order valence-corrected chi connectivity index (χ2v) is 10.6. The Labute approximate surface area is 177 Å². The number of hydrogen-bond acceptors (Lipinski definition) is 3. The molecule has 0 radical (unpaired) electrons. The molecule has 1 nitrogen and oxygen atoms in total. The van der Waals surface area contributed by atoms with Gasteiger partial charge in [-0.05, 0) is 32.9 Å². The molecule has 3 heterocycles. The predicted molar refractivity (Wildman–Crippen MR) is 126 cm³/mol. The molecule has 0 unspecified atom stereocenters. The Bertz CT molecular complexity index is 931. The minimum absolute atomic E-state index is 0.134. The predicted octanol–water partition coefficient (Wildman–Crippen LogP) is 7.33. The zero-order valence-corrected chi connectivity index (χ0v) is 18.8. The molecule has 3 aliphatic heterocycles. The quantitative estimate of drug-likeness (QED) is 0.417. The maximum atomic E-state index is 5.90. The van der Waals surface area contributed by atoms with Crippen molar-refractivity contribution < 1.29 is 4.74 Å². The standard InChI is InChI=1S/C25H28OS2/c1-25(2,3)23-11-21-15-27-13-17-5-7-19-10-18(6-8-20(19)9-17)14-28-16-22(12-23)24(21)26-4/h5-12H,13-16H2,1-4H3. The van der Waals surface area contributed by atoms with Gasteiger partial charge in [0, 0.05) is 34.1 Å². The van der Waals surface area contributed by atoms with E-state index in [9.17, 15) is 0 Å². The third-order valence-corrected chi connectivity index (χ3v) is 7.44. The van der Waals surface area contributed by atoms with Crippen LogP contribution in [0.2, 0.25) is 0 Å². The molecule has 0 aromatic heterocycles. The highest BCUT2D eigenvalue weighted by molar-refractivity contribution is 7.98. The Balaban J connectivity index is 1.76. The van der Waals surface area contributed by atoms with Gasteiger partial charge in [0.25, 0.3) is 0 Å². The van der Waals surface area contributed by atoms with E-state index in [0.29, 0.717) is 0 Å². The van der Waals surface area contributed by atoms with Crippen molar-refractivity contribution in [3.8, 4) is 5.75 Å². The van der Waals surface area contributed by atoms with Crippen LogP contribution in [0.4, 0.5) is 0 Å². The third kappa shape index (κ3) is 4.21. The van der Waals surface area contributed by atoms with Gasteiger partial charge in [-0.25, -0.2) is 0 Å². The third-order valence-electron chi connectivity index (χ3n) is 5.33. The molecule has 0 fully saturated rings. The lowest BCUT2D eigenvalue weighted by atomic mass is 9.85. The van der Waals surface area contributed by atoms with Crippen LogP contribution in [0.15, 0.2) is 48.5 Å². The normalized spacial score (nSPS) is 15.0. The summed E-state index contributed by atoms with van der Waals surface area (Å²) in [5.74, 6) is 5.06. The largest absolute Gasteiger partial charge is 0.496 e. The van der Waals surface area contributed by atoms with Gasteiger partial charge in [0.1, 0.15) is 5.75 Å². The van der Waals surface area contributed by atoms with Gasteiger partial charge in [-0.1, -0.05) is 69.3 Å². The molecule has 3 aromatic rings. The minimum atomic E-state index is 0.134. The monoisotopic (exact) mass is 408 g/mol. The first-order valence-corrected chi connectivity index (χ1v) is 12.1. The number of fused-ring (bicyclic) bond motifs is 2. The fourth-order valence-electron chi connectivity index (χ4n) is 3.75. The van der Waals surface area contributed by atoms with E-state index in [1.165, 1.54) is 38.6 Å². The molecule has 28 heavy (non-hydrogen) atoms. The molecule has 0 atom stereocenters. The average Bonchev–Trinajstić information content (AvgIpc) is 2.67. The van der Waals surface area contributed by atoms with Crippen LogP contribution in [0.5, 0.6) is 5.75 Å². The highest BCUT2D eigenvalue weighted by atomic mass is 32.2. The Hall–Kier alpha value is -1.58. The molecule has 0 saturated heterocycles. The molecule has 0 amide bonds. The average molecular weight is 409 g/mol. The minimum Gasteiger partial charge on any atom is -0.496 e. The number of ether oxygens (including phenoxy) is 1. The molecule has 0 aliphatic carbocycles. The smallest absolute Gasteiger partial charge is 0.126 e. The van der Waals surface area contributed by atoms with Crippen LogP contribution in [0.1, 0.15) is 48.6 Å². The van der Waals surface area contributed by atoms with Crippen molar-refractivity contribution in [3.63, 3.8) is 0 Å². The maximum Gasteiger partial charge on any atom is 0.126 e. The lowest BCUT2D eigenvalue weighted by molar-refractivity contribution is 0.407. The molecule has 0 N–H and O–H groups in total. The van der Waals surface area contributed by atoms with Crippen molar-refractivity contribution in [1.29, 1.82) is 0 Å². The Morgan fingerprint density at radius 1 is 0.714 bits per heavy atom. The summed E-state index contributed by atoms with van der Waals surface area (Å²) in [6.45, 7) is 6.88. The molecule has 146 valence electrons. The van der Waals surface area contributed by atoms with E-state index in [4.69, 9.17) is 4.74 Å². The van der Waals surface area contributed by atoms with Gasteiger partial charge in [0.2, 0.25) is 0 Å². The summed E-state index contributed by atoms with van der Waals surface area (Å²) in [7, 11) is 1.82. The Kier molecular flexibility index (Phi) is 5.66. The van der Waals surface area contributed by atoms with Crippen molar-refractivity contribution in [3.05, 3.63) is 76.3 Å². The fourth-order valence-corrected chi connectivity index (χ4v) is 5.65. The zero-order valence-electron chi connectivity index (χ0n) is 17.2. The van der Waals surface area contributed by atoms with Gasteiger partial charge in [-0.2, -0.15) is 23.5 Å². The highest BCUT2D eigenvalue weighted by Crippen LogP contribution is 2.37. The van der Waals surface area contributed by atoms with E-state index in [1.807, 2.05) is 30.6 Å². The number of benzene rings is 3. The van der Waals surface area contributed by atoms with Crippen LogP contribution < -0.4 is 4.74 Å². The number of hydrogen-bond donors (Lipinski definition) is 0. The van der Waals surface area contributed by atoms with E-state index in [1.54, 1.807) is 0 Å². The summed E-state index contributed by atoms with van der Waals surface area (Å²) >= 11 is 3.94. The number of rotatable bonds is 1. The summed E-state index contributed by atoms with van der Waals surface area (Å²) in [6.07, 6.45) is 0. The SMILES string of the molecule is COc1c2cc(C(C)(C)C)cc1CSCc1ccc3cc(ccc3c1)CSC2. The van der Waals surface area contributed by atoms with E-state index >= 15 is 0 Å². The Morgan fingerprint density at radius 3 is 1.64 bits per heavy atom. The van der Waals surface area contributed by atoms with Crippen LogP contribution in [0.25, 0.3) is 10.8 Å². The van der Waals surface area contributed by atoms with Crippen molar-refractivity contribution in [2.45, 2.75) is 49.2 Å². The molecule has 3 aromatic carbocycles. The van der Waals surface area contributed by atoms with Crippen LogP contribution >= 0.6 is 23.5 Å². The van der Waals surface area contributed by atoms with Crippen molar-refractivity contribution in [2.75, 3.05) is 7.11 Å².